The number of aliphatic carboxylic acids is 1. The van der Waals surface area contributed by atoms with Crippen molar-refractivity contribution in [1.82, 2.24) is 9.80 Å². The van der Waals surface area contributed by atoms with E-state index in [9.17, 15) is 9.90 Å². The Balaban J connectivity index is 1.76. The van der Waals surface area contributed by atoms with Crippen LogP contribution in [0, 0.1) is 5.92 Å². The van der Waals surface area contributed by atoms with Crippen molar-refractivity contribution in [3.05, 3.63) is 0 Å². The smallest absolute Gasteiger partial charge is 0.320 e. The number of carboxylic acids is 1. The fourth-order valence-electron chi connectivity index (χ4n) is 2.78. The van der Waals surface area contributed by atoms with Gasteiger partial charge in [-0.1, -0.05) is 19.8 Å². The van der Waals surface area contributed by atoms with Crippen LogP contribution in [0.1, 0.15) is 39.0 Å². The van der Waals surface area contributed by atoms with Gasteiger partial charge in [0.25, 0.3) is 0 Å². The summed E-state index contributed by atoms with van der Waals surface area (Å²) in [7, 11) is 0. The van der Waals surface area contributed by atoms with E-state index in [1.165, 1.54) is 19.4 Å². The molecule has 1 saturated carbocycles. The molecule has 18 heavy (non-hydrogen) atoms. The number of hydrogen-bond acceptors (Lipinski definition) is 3. The maximum atomic E-state index is 11.3. The Hall–Kier alpha value is -0.610. The maximum absolute atomic E-state index is 11.3. The van der Waals surface area contributed by atoms with Crippen molar-refractivity contribution in [3.63, 3.8) is 0 Å². The van der Waals surface area contributed by atoms with Crippen LogP contribution in [0.4, 0.5) is 0 Å². The summed E-state index contributed by atoms with van der Waals surface area (Å²) in [5, 5.41) is 9.32. The number of carbonyl (C=O) groups is 1. The molecule has 2 rings (SSSR count). The summed E-state index contributed by atoms with van der Waals surface area (Å²) in [6, 6.07) is -0.256. The van der Waals surface area contributed by atoms with E-state index in [1.54, 1.807) is 0 Å². The van der Waals surface area contributed by atoms with Gasteiger partial charge in [0.2, 0.25) is 0 Å². The van der Waals surface area contributed by atoms with E-state index in [1.807, 2.05) is 0 Å². The number of rotatable bonds is 7. The van der Waals surface area contributed by atoms with E-state index < -0.39 is 5.97 Å². The number of nitrogens with zero attached hydrogens (tertiary/aromatic N) is 2. The molecule has 104 valence electrons. The van der Waals surface area contributed by atoms with Crippen molar-refractivity contribution < 1.29 is 9.90 Å². The molecule has 1 unspecified atom stereocenters. The van der Waals surface area contributed by atoms with Gasteiger partial charge in [-0.05, 0) is 25.2 Å². The molecule has 0 spiro atoms. The molecule has 4 nitrogen and oxygen atoms in total. The van der Waals surface area contributed by atoms with Gasteiger partial charge in [0.05, 0.1) is 0 Å². The average molecular weight is 254 g/mol. The molecular weight excluding hydrogens is 228 g/mol. The molecule has 1 aliphatic heterocycles. The minimum absolute atomic E-state index is 0.256. The minimum Gasteiger partial charge on any atom is -0.480 e. The van der Waals surface area contributed by atoms with Crippen LogP contribution in [0.25, 0.3) is 0 Å². The largest absolute Gasteiger partial charge is 0.480 e. The Bertz CT molecular complexity index is 271. The zero-order valence-electron chi connectivity index (χ0n) is 11.5. The van der Waals surface area contributed by atoms with Crippen LogP contribution < -0.4 is 0 Å². The Labute approximate surface area is 110 Å². The molecule has 0 amide bonds. The van der Waals surface area contributed by atoms with Crippen LogP contribution in [-0.4, -0.2) is 59.6 Å². The summed E-state index contributed by atoms with van der Waals surface area (Å²) in [5.74, 6) is 0.297. The highest BCUT2D eigenvalue weighted by Crippen LogP contribution is 2.30. The average Bonchev–Trinajstić information content (AvgIpc) is 3.15. The lowest BCUT2D eigenvalue weighted by Gasteiger charge is -2.37. The van der Waals surface area contributed by atoms with Crippen molar-refractivity contribution in [1.29, 1.82) is 0 Å². The van der Waals surface area contributed by atoms with E-state index in [2.05, 4.69) is 16.7 Å². The third-order valence-corrected chi connectivity index (χ3v) is 4.18. The highest BCUT2D eigenvalue weighted by molar-refractivity contribution is 5.73. The van der Waals surface area contributed by atoms with Crippen molar-refractivity contribution in [3.8, 4) is 0 Å². The summed E-state index contributed by atoms with van der Waals surface area (Å²) in [6.07, 6.45) is 5.68. The first kappa shape index (κ1) is 13.8. The predicted molar refractivity (Wildman–Crippen MR) is 71.7 cm³/mol. The van der Waals surface area contributed by atoms with Crippen LogP contribution in [0.15, 0.2) is 0 Å². The van der Waals surface area contributed by atoms with E-state index in [0.29, 0.717) is 0 Å². The standard InChI is InChI=1S/C14H26N2O2/c1-2-3-4-13(14(17)18)16-9-7-15(8-10-16)11-12-5-6-12/h12-13H,2-11H2,1H3,(H,17,18). The molecule has 1 saturated heterocycles. The first-order valence-corrected chi connectivity index (χ1v) is 7.40. The molecule has 1 heterocycles. The first-order chi connectivity index (χ1) is 8.70. The van der Waals surface area contributed by atoms with Crippen LogP contribution in [0.5, 0.6) is 0 Å². The van der Waals surface area contributed by atoms with Gasteiger partial charge in [0.15, 0.2) is 0 Å². The molecular formula is C14H26N2O2. The normalized spacial score (nSPS) is 24.1. The van der Waals surface area contributed by atoms with Crippen molar-refractivity contribution >= 4 is 5.97 Å². The third kappa shape index (κ3) is 3.95. The van der Waals surface area contributed by atoms with E-state index >= 15 is 0 Å². The van der Waals surface area contributed by atoms with E-state index in [0.717, 1.165) is 51.4 Å². The second-order valence-electron chi connectivity index (χ2n) is 5.78. The van der Waals surface area contributed by atoms with Crippen molar-refractivity contribution in [2.24, 2.45) is 5.92 Å². The zero-order valence-corrected chi connectivity index (χ0v) is 11.5. The molecule has 0 aromatic rings. The van der Waals surface area contributed by atoms with Crippen LogP contribution in [0.3, 0.4) is 0 Å². The molecule has 0 bridgehead atoms. The number of piperazine rings is 1. The first-order valence-electron chi connectivity index (χ1n) is 7.40. The van der Waals surface area contributed by atoms with Gasteiger partial charge in [-0.3, -0.25) is 9.69 Å². The summed E-state index contributed by atoms with van der Waals surface area (Å²) in [4.78, 5) is 16.0. The molecule has 1 aliphatic carbocycles. The van der Waals surface area contributed by atoms with Gasteiger partial charge in [0.1, 0.15) is 6.04 Å². The fourth-order valence-corrected chi connectivity index (χ4v) is 2.78. The quantitative estimate of drug-likeness (QED) is 0.750. The fraction of sp³-hybridized carbons (Fsp3) is 0.929. The minimum atomic E-state index is -0.640. The summed E-state index contributed by atoms with van der Waals surface area (Å²) in [5.41, 5.74) is 0. The Morgan fingerprint density at radius 1 is 1.28 bits per heavy atom. The molecule has 2 fully saturated rings. The summed E-state index contributed by atoms with van der Waals surface area (Å²) in [6.45, 7) is 7.30. The predicted octanol–water partition coefficient (Wildman–Crippen LogP) is 1.66. The van der Waals surface area contributed by atoms with E-state index in [4.69, 9.17) is 0 Å². The van der Waals surface area contributed by atoms with Gasteiger partial charge in [-0.25, -0.2) is 0 Å². The summed E-state index contributed by atoms with van der Waals surface area (Å²) >= 11 is 0. The SMILES string of the molecule is CCCCC(C(=O)O)N1CCN(CC2CC2)CC1. The third-order valence-electron chi connectivity index (χ3n) is 4.18. The van der Waals surface area contributed by atoms with Gasteiger partial charge < -0.3 is 10.0 Å². The molecule has 0 aromatic carbocycles. The van der Waals surface area contributed by atoms with Crippen LogP contribution >= 0.6 is 0 Å². The van der Waals surface area contributed by atoms with Crippen molar-refractivity contribution in [2.45, 2.75) is 45.1 Å². The number of carboxylic acid groups (broad SMARTS) is 1. The topological polar surface area (TPSA) is 43.8 Å². The number of hydrogen-bond donors (Lipinski definition) is 1. The lowest BCUT2D eigenvalue weighted by atomic mass is 10.1. The Morgan fingerprint density at radius 3 is 2.44 bits per heavy atom. The van der Waals surface area contributed by atoms with Gasteiger partial charge in [-0.15, -0.1) is 0 Å². The second kappa shape index (κ2) is 6.53. The van der Waals surface area contributed by atoms with Gasteiger partial charge >= 0.3 is 5.97 Å². The Kier molecular flexibility index (Phi) is 5.01. The summed E-state index contributed by atoms with van der Waals surface area (Å²) < 4.78 is 0. The monoisotopic (exact) mass is 254 g/mol. The molecule has 1 N–H and O–H groups in total. The highest BCUT2D eigenvalue weighted by atomic mass is 16.4. The Morgan fingerprint density at radius 2 is 1.94 bits per heavy atom. The lowest BCUT2D eigenvalue weighted by Crippen LogP contribution is -2.52. The molecule has 4 heteroatoms. The lowest BCUT2D eigenvalue weighted by molar-refractivity contribution is -0.144. The van der Waals surface area contributed by atoms with Crippen molar-refractivity contribution in [2.75, 3.05) is 32.7 Å². The van der Waals surface area contributed by atoms with Crippen LogP contribution in [0.2, 0.25) is 0 Å². The molecule has 2 aliphatic rings. The van der Waals surface area contributed by atoms with Gasteiger partial charge in [-0.2, -0.15) is 0 Å². The molecule has 0 radical (unpaired) electrons. The van der Waals surface area contributed by atoms with Gasteiger partial charge in [0, 0.05) is 32.7 Å². The highest BCUT2D eigenvalue weighted by Gasteiger charge is 2.30. The molecule has 0 aromatic heterocycles. The maximum Gasteiger partial charge on any atom is 0.320 e. The van der Waals surface area contributed by atoms with E-state index in [-0.39, 0.29) is 6.04 Å². The second-order valence-corrected chi connectivity index (χ2v) is 5.78. The zero-order chi connectivity index (χ0) is 13.0. The van der Waals surface area contributed by atoms with Crippen LogP contribution in [-0.2, 0) is 4.79 Å². The molecule has 1 atom stereocenters. The number of unbranched alkanes of at least 4 members (excludes halogenated alkanes) is 1.